The fraction of sp³-hybridized carbons (Fsp3) is 0.158. The lowest BCUT2D eigenvalue weighted by Gasteiger charge is -2.12. The van der Waals surface area contributed by atoms with Gasteiger partial charge in [-0.25, -0.2) is 4.98 Å². The fourth-order valence-electron chi connectivity index (χ4n) is 2.73. The van der Waals surface area contributed by atoms with Gasteiger partial charge in [0.25, 0.3) is 0 Å². The zero-order valence-electron chi connectivity index (χ0n) is 14.4. The predicted molar refractivity (Wildman–Crippen MR) is 98.8 cm³/mol. The molecule has 0 fully saturated rings. The zero-order chi connectivity index (χ0) is 19.6. The van der Waals surface area contributed by atoms with E-state index in [9.17, 15) is 14.0 Å². The number of methoxy groups -OCH3 is 1. The van der Waals surface area contributed by atoms with E-state index in [2.05, 4.69) is 15.8 Å². The Kier molecular flexibility index (Phi) is 5.28. The summed E-state index contributed by atoms with van der Waals surface area (Å²) in [6.45, 7) is -3.03. The third-order valence-electron chi connectivity index (χ3n) is 3.92. The van der Waals surface area contributed by atoms with E-state index in [1.165, 1.54) is 19.2 Å². The van der Waals surface area contributed by atoms with E-state index in [0.717, 1.165) is 11.0 Å². The number of allylic oxidation sites excluding steroid dienone is 1. The Morgan fingerprint density at radius 2 is 2.07 bits per heavy atom. The number of imidazole rings is 1. The molecule has 0 aliphatic rings. The lowest BCUT2D eigenvalue weighted by molar-refractivity contribution is -0.0511. The fourth-order valence-corrected chi connectivity index (χ4v) is 2.99. The first-order chi connectivity index (χ1) is 12.9. The Labute approximate surface area is 159 Å². The van der Waals surface area contributed by atoms with Crippen molar-refractivity contribution >= 4 is 34.3 Å². The molecule has 0 saturated carbocycles. The van der Waals surface area contributed by atoms with Gasteiger partial charge in [0.2, 0.25) is 0 Å². The Balaban J connectivity index is 2.09. The van der Waals surface area contributed by atoms with Crippen LogP contribution in [0.25, 0.3) is 22.7 Å². The molecule has 0 bridgehead atoms. The average Bonchev–Trinajstić information content (AvgIpc) is 2.98. The second-order valence-corrected chi connectivity index (χ2v) is 5.97. The molecule has 1 heterocycles. The number of hydrogen-bond acceptors (Lipinski definition) is 4. The van der Waals surface area contributed by atoms with Crippen LogP contribution in [0.15, 0.2) is 36.4 Å². The third kappa shape index (κ3) is 3.71. The summed E-state index contributed by atoms with van der Waals surface area (Å²) in [4.78, 5) is 4.49. The quantitative estimate of drug-likeness (QED) is 0.582. The second kappa shape index (κ2) is 7.64. The van der Waals surface area contributed by atoms with Crippen molar-refractivity contribution in [2.24, 2.45) is 7.05 Å². The topological polar surface area (TPSA) is 60.1 Å². The van der Waals surface area contributed by atoms with Crippen LogP contribution in [0.5, 0.6) is 11.5 Å². The standard InChI is InChI=1S/C19H14ClF2N3O2/c1-25-15-6-4-3-5-14(15)24-18(25)12(10-23)7-11-8-13(20)17(27-19(21)22)16(9-11)26-2/h3-9,19H,1-2H3. The van der Waals surface area contributed by atoms with Crippen molar-refractivity contribution in [1.29, 1.82) is 5.26 Å². The van der Waals surface area contributed by atoms with Gasteiger partial charge in [0.05, 0.1) is 28.7 Å². The summed E-state index contributed by atoms with van der Waals surface area (Å²) in [6, 6.07) is 12.5. The number of nitrogens with zero attached hydrogens (tertiary/aromatic N) is 3. The van der Waals surface area contributed by atoms with Crippen LogP contribution in [-0.2, 0) is 7.05 Å². The van der Waals surface area contributed by atoms with E-state index in [-0.39, 0.29) is 22.1 Å². The molecule has 138 valence electrons. The van der Waals surface area contributed by atoms with E-state index in [1.54, 1.807) is 10.6 Å². The Bertz CT molecular complexity index is 1070. The molecule has 0 N–H and O–H groups in total. The molecule has 8 heteroatoms. The largest absolute Gasteiger partial charge is 0.493 e. The molecule has 0 radical (unpaired) electrons. The van der Waals surface area contributed by atoms with Crippen LogP contribution in [-0.4, -0.2) is 23.3 Å². The highest BCUT2D eigenvalue weighted by Crippen LogP contribution is 2.38. The van der Waals surface area contributed by atoms with Gasteiger partial charge in [0.1, 0.15) is 6.07 Å². The lowest BCUT2D eigenvalue weighted by atomic mass is 10.1. The van der Waals surface area contributed by atoms with Crippen molar-refractivity contribution in [2.45, 2.75) is 6.61 Å². The number of alkyl halides is 2. The normalized spacial score (nSPS) is 11.7. The van der Waals surface area contributed by atoms with Gasteiger partial charge < -0.3 is 14.0 Å². The summed E-state index contributed by atoms with van der Waals surface area (Å²) in [5.74, 6) is 0.255. The van der Waals surface area contributed by atoms with Crippen molar-refractivity contribution in [2.75, 3.05) is 7.11 Å². The van der Waals surface area contributed by atoms with Crippen LogP contribution in [0.1, 0.15) is 11.4 Å². The number of aryl methyl sites for hydroxylation is 1. The highest BCUT2D eigenvalue weighted by atomic mass is 35.5. The first kappa shape index (κ1) is 18.7. The summed E-state index contributed by atoms with van der Waals surface area (Å²) < 4.78 is 36.4. The summed E-state index contributed by atoms with van der Waals surface area (Å²) in [6.07, 6.45) is 1.56. The van der Waals surface area contributed by atoms with Crippen molar-refractivity contribution in [3.63, 3.8) is 0 Å². The van der Waals surface area contributed by atoms with Gasteiger partial charge in [-0.15, -0.1) is 0 Å². The molecule has 0 aliphatic heterocycles. The molecule has 3 aromatic rings. The average molecular weight is 390 g/mol. The van der Waals surface area contributed by atoms with Gasteiger partial charge in [-0.1, -0.05) is 23.7 Å². The van der Waals surface area contributed by atoms with Crippen molar-refractivity contribution in [3.05, 3.63) is 52.8 Å². The van der Waals surface area contributed by atoms with Gasteiger partial charge in [0.15, 0.2) is 17.3 Å². The van der Waals surface area contributed by atoms with Crippen LogP contribution >= 0.6 is 11.6 Å². The van der Waals surface area contributed by atoms with E-state index in [0.29, 0.717) is 11.4 Å². The van der Waals surface area contributed by atoms with E-state index in [1.807, 2.05) is 31.3 Å². The molecule has 0 spiro atoms. The smallest absolute Gasteiger partial charge is 0.387 e. The van der Waals surface area contributed by atoms with Gasteiger partial charge in [-0.3, -0.25) is 0 Å². The molecule has 1 aromatic heterocycles. The summed E-state index contributed by atoms with van der Waals surface area (Å²) in [5.41, 5.74) is 2.41. The number of ether oxygens (including phenoxy) is 2. The van der Waals surface area contributed by atoms with E-state index < -0.39 is 6.61 Å². The molecular weight excluding hydrogens is 376 g/mol. The first-order valence-corrected chi connectivity index (χ1v) is 8.18. The molecule has 5 nitrogen and oxygen atoms in total. The third-order valence-corrected chi connectivity index (χ3v) is 4.20. The van der Waals surface area contributed by atoms with Gasteiger partial charge in [0, 0.05) is 7.05 Å². The van der Waals surface area contributed by atoms with Crippen LogP contribution in [0, 0.1) is 11.3 Å². The lowest BCUT2D eigenvalue weighted by Crippen LogP contribution is -2.04. The molecule has 0 unspecified atom stereocenters. The van der Waals surface area contributed by atoms with Crippen molar-refractivity contribution in [3.8, 4) is 17.6 Å². The molecule has 0 atom stereocenters. The number of hydrogen-bond donors (Lipinski definition) is 0. The number of fused-ring (bicyclic) bond motifs is 1. The predicted octanol–water partition coefficient (Wildman–Crippen LogP) is 4.90. The molecule has 0 aliphatic carbocycles. The maximum atomic E-state index is 12.5. The highest BCUT2D eigenvalue weighted by molar-refractivity contribution is 6.32. The maximum absolute atomic E-state index is 12.5. The molecule has 2 aromatic carbocycles. The number of aromatic nitrogens is 2. The van der Waals surface area contributed by atoms with Crippen LogP contribution in [0.3, 0.4) is 0 Å². The Morgan fingerprint density at radius 3 is 2.70 bits per heavy atom. The highest BCUT2D eigenvalue weighted by Gasteiger charge is 2.17. The Hall–Kier alpha value is -3.11. The summed E-state index contributed by atoms with van der Waals surface area (Å²) in [7, 11) is 3.12. The van der Waals surface area contributed by atoms with Gasteiger partial charge >= 0.3 is 6.61 Å². The van der Waals surface area contributed by atoms with E-state index >= 15 is 0 Å². The van der Waals surface area contributed by atoms with Crippen molar-refractivity contribution in [1.82, 2.24) is 9.55 Å². The van der Waals surface area contributed by atoms with Gasteiger partial charge in [-0.2, -0.15) is 14.0 Å². The van der Waals surface area contributed by atoms with Crippen LogP contribution < -0.4 is 9.47 Å². The SMILES string of the molecule is COc1cc(C=C(C#N)c2nc3ccccc3n2C)cc(Cl)c1OC(F)F. The monoisotopic (exact) mass is 389 g/mol. The van der Waals surface area contributed by atoms with Gasteiger partial charge in [-0.05, 0) is 35.9 Å². The first-order valence-electron chi connectivity index (χ1n) is 7.80. The number of halogens is 3. The maximum Gasteiger partial charge on any atom is 0.387 e. The molecule has 3 rings (SSSR count). The minimum absolute atomic E-state index is 0.0383. The molecule has 0 amide bonds. The van der Waals surface area contributed by atoms with Crippen LogP contribution in [0.4, 0.5) is 8.78 Å². The molecular formula is C19H14ClF2N3O2. The number of nitriles is 1. The van der Waals surface area contributed by atoms with E-state index in [4.69, 9.17) is 16.3 Å². The molecule has 27 heavy (non-hydrogen) atoms. The minimum Gasteiger partial charge on any atom is -0.493 e. The Morgan fingerprint density at radius 1 is 1.33 bits per heavy atom. The number of benzene rings is 2. The molecule has 0 saturated heterocycles. The van der Waals surface area contributed by atoms with Crippen molar-refractivity contribution < 1.29 is 18.3 Å². The van der Waals surface area contributed by atoms with Crippen LogP contribution in [0.2, 0.25) is 5.02 Å². The number of para-hydroxylation sites is 2. The summed E-state index contributed by atoms with van der Waals surface area (Å²) >= 11 is 6.05. The second-order valence-electron chi connectivity index (χ2n) is 5.57. The summed E-state index contributed by atoms with van der Waals surface area (Å²) in [5, 5.41) is 9.55. The number of rotatable bonds is 5. The minimum atomic E-state index is -3.03. The zero-order valence-corrected chi connectivity index (χ0v) is 15.2.